The SMILES string of the molecule is Cc1cc(Cl)cc(CBr)c1.[C-]#[N+]Cc1cc(C)cc(Cl)c1. The van der Waals surface area contributed by atoms with Crippen LogP contribution < -0.4 is 0 Å². The van der Waals surface area contributed by atoms with Crippen molar-refractivity contribution in [3.63, 3.8) is 0 Å². The summed E-state index contributed by atoms with van der Waals surface area (Å²) >= 11 is 15.0. The molecule has 0 aliphatic rings. The van der Waals surface area contributed by atoms with Gasteiger partial charge in [0.15, 0.2) is 0 Å². The topological polar surface area (TPSA) is 4.36 Å². The van der Waals surface area contributed by atoms with Gasteiger partial charge in [-0.3, -0.25) is 0 Å². The largest absolute Gasteiger partial charge is 0.312 e. The highest BCUT2D eigenvalue weighted by Crippen LogP contribution is 2.16. The van der Waals surface area contributed by atoms with E-state index in [0.717, 1.165) is 21.5 Å². The lowest BCUT2D eigenvalue weighted by Gasteiger charge is -1.98. The van der Waals surface area contributed by atoms with Gasteiger partial charge in [0.05, 0.1) is 0 Å². The summed E-state index contributed by atoms with van der Waals surface area (Å²) in [5.41, 5.74) is 4.54. The van der Waals surface area contributed by atoms with Crippen molar-refractivity contribution in [3.05, 3.63) is 80.1 Å². The van der Waals surface area contributed by atoms with Gasteiger partial charge in [0.2, 0.25) is 6.54 Å². The van der Waals surface area contributed by atoms with Crippen molar-refractivity contribution in [1.29, 1.82) is 0 Å². The predicted octanol–water partition coefficient (Wildman–Crippen LogP) is 6.61. The third-order valence-electron chi connectivity index (χ3n) is 2.62. The number of benzene rings is 2. The number of alkyl halides is 1. The van der Waals surface area contributed by atoms with Crippen molar-refractivity contribution in [2.75, 3.05) is 0 Å². The van der Waals surface area contributed by atoms with Crippen LogP contribution in [0.15, 0.2) is 36.4 Å². The van der Waals surface area contributed by atoms with Gasteiger partial charge in [-0.2, -0.15) is 0 Å². The molecule has 0 atom stereocenters. The average molecular weight is 385 g/mol. The van der Waals surface area contributed by atoms with E-state index in [1.54, 1.807) is 0 Å². The van der Waals surface area contributed by atoms with E-state index in [4.69, 9.17) is 29.8 Å². The number of aryl methyl sites for hydroxylation is 2. The summed E-state index contributed by atoms with van der Waals surface area (Å²) in [7, 11) is 0. The third-order valence-corrected chi connectivity index (χ3v) is 3.70. The van der Waals surface area contributed by atoms with E-state index in [-0.39, 0.29) is 0 Å². The predicted molar refractivity (Wildman–Crippen MR) is 95.3 cm³/mol. The first-order valence-corrected chi connectivity index (χ1v) is 8.23. The monoisotopic (exact) mass is 383 g/mol. The van der Waals surface area contributed by atoms with Crippen LogP contribution >= 0.6 is 39.1 Å². The number of hydrogen-bond donors (Lipinski definition) is 0. The van der Waals surface area contributed by atoms with Crippen LogP contribution in [0.2, 0.25) is 10.0 Å². The molecule has 0 N–H and O–H groups in total. The fourth-order valence-electron chi connectivity index (χ4n) is 1.88. The van der Waals surface area contributed by atoms with E-state index < -0.39 is 0 Å². The molecule has 0 aromatic heterocycles. The van der Waals surface area contributed by atoms with Gasteiger partial charge in [-0.1, -0.05) is 45.2 Å². The summed E-state index contributed by atoms with van der Waals surface area (Å²) < 4.78 is 0. The minimum absolute atomic E-state index is 0.418. The maximum absolute atomic E-state index is 6.66. The molecule has 2 aromatic carbocycles. The van der Waals surface area contributed by atoms with E-state index in [2.05, 4.69) is 26.8 Å². The lowest BCUT2D eigenvalue weighted by Crippen LogP contribution is -1.81. The summed E-state index contributed by atoms with van der Waals surface area (Å²) in [6.07, 6.45) is 0. The molecule has 21 heavy (non-hydrogen) atoms. The van der Waals surface area contributed by atoms with E-state index in [1.165, 1.54) is 11.1 Å². The van der Waals surface area contributed by atoms with Crippen LogP contribution in [0.3, 0.4) is 0 Å². The molecule has 1 nitrogen and oxygen atoms in total. The van der Waals surface area contributed by atoms with Gasteiger partial charge in [0.25, 0.3) is 0 Å². The second-order valence-corrected chi connectivity index (χ2v) is 6.16. The van der Waals surface area contributed by atoms with Gasteiger partial charge in [-0.05, 0) is 60.9 Å². The van der Waals surface area contributed by atoms with Crippen molar-refractivity contribution in [2.24, 2.45) is 0 Å². The van der Waals surface area contributed by atoms with Gasteiger partial charge < -0.3 is 4.85 Å². The van der Waals surface area contributed by atoms with E-state index in [1.807, 2.05) is 44.2 Å². The van der Waals surface area contributed by atoms with Crippen molar-refractivity contribution in [2.45, 2.75) is 25.7 Å². The molecule has 0 spiro atoms. The lowest BCUT2D eigenvalue weighted by atomic mass is 10.1. The molecule has 4 heteroatoms. The first kappa shape index (κ1) is 18.0. The Bertz CT molecular complexity index is 607. The molecular weight excluding hydrogens is 369 g/mol. The lowest BCUT2D eigenvalue weighted by molar-refractivity contribution is 1.24. The molecule has 0 radical (unpaired) electrons. The summed E-state index contributed by atoms with van der Waals surface area (Å²) in [6, 6.07) is 11.7. The molecule has 0 aliphatic carbocycles. The number of hydrogen-bond acceptors (Lipinski definition) is 0. The average Bonchev–Trinajstić information content (AvgIpc) is 2.37. The first-order valence-electron chi connectivity index (χ1n) is 6.36. The van der Waals surface area contributed by atoms with E-state index in [9.17, 15) is 0 Å². The van der Waals surface area contributed by atoms with Gasteiger partial charge in [0.1, 0.15) is 0 Å². The smallest absolute Gasteiger partial charge is 0.239 e. The standard InChI is InChI=1S/C9H8ClN.C8H8BrCl/c1-7-3-8(6-11-2)5-9(10)4-7;1-6-2-7(5-9)4-8(10)3-6/h3-5H,6H2,1H3;2-4H,5H2,1H3. The van der Waals surface area contributed by atoms with Crippen molar-refractivity contribution < 1.29 is 0 Å². The maximum atomic E-state index is 6.66. The molecule has 0 heterocycles. The number of nitrogens with zero attached hydrogens (tertiary/aromatic N) is 1. The summed E-state index contributed by atoms with van der Waals surface area (Å²) in [5.74, 6) is 0. The Balaban J connectivity index is 0.000000211. The minimum atomic E-state index is 0.418. The quantitative estimate of drug-likeness (QED) is 0.405. The summed E-state index contributed by atoms with van der Waals surface area (Å²) in [4.78, 5) is 3.28. The zero-order valence-electron chi connectivity index (χ0n) is 12.0. The second kappa shape index (κ2) is 9.10. The van der Waals surface area contributed by atoms with Gasteiger partial charge in [-0.15, -0.1) is 0 Å². The molecule has 0 bridgehead atoms. The molecule has 0 unspecified atom stereocenters. The van der Waals surface area contributed by atoms with Gasteiger partial charge in [0, 0.05) is 20.9 Å². The molecule has 0 amide bonds. The van der Waals surface area contributed by atoms with E-state index >= 15 is 0 Å². The molecule has 2 aromatic rings. The Morgan fingerprint density at radius 2 is 1.38 bits per heavy atom. The van der Waals surface area contributed by atoms with Crippen molar-refractivity contribution in [3.8, 4) is 0 Å². The van der Waals surface area contributed by atoms with Crippen LogP contribution in [0.25, 0.3) is 4.85 Å². The van der Waals surface area contributed by atoms with Crippen LogP contribution in [0.1, 0.15) is 22.3 Å². The van der Waals surface area contributed by atoms with Crippen LogP contribution in [0.5, 0.6) is 0 Å². The minimum Gasteiger partial charge on any atom is -0.312 e. The third kappa shape index (κ3) is 7.00. The normalized spacial score (nSPS) is 9.52. The summed E-state index contributed by atoms with van der Waals surface area (Å²) in [6.45, 7) is 11.1. The molecule has 2 rings (SSSR count). The Morgan fingerprint density at radius 1 is 0.905 bits per heavy atom. The van der Waals surface area contributed by atoms with Crippen LogP contribution in [-0.2, 0) is 11.9 Å². The van der Waals surface area contributed by atoms with Gasteiger partial charge in [-0.25, -0.2) is 6.57 Å². The zero-order chi connectivity index (χ0) is 15.8. The molecule has 0 saturated heterocycles. The van der Waals surface area contributed by atoms with E-state index in [0.29, 0.717) is 11.6 Å². The highest BCUT2D eigenvalue weighted by atomic mass is 79.9. The Labute approximate surface area is 144 Å². The van der Waals surface area contributed by atoms with Crippen LogP contribution in [0, 0.1) is 20.4 Å². The number of halogens is 3. The van der Waals surface area contributed by atoms with Crippen molar-refractivity contribution >= 4 is 39.1 Å². The second-order valence-electron chi connectivity index (χ2n) is 4.72. The molecular formula is C17H16BrCl2N. The van der Waals surface area contributed by atoms with Crippen LogP contribution in [-0.4, -0.2) is 0 Å². The first-order chi connectivity index (χ1) is 9.94. The molecule has 0 fully saturated rings. The Hall–Kier alpha value is -1.01. The number of rotatable bonds is 2. The fraction of sp³-hybridized carbons (Fsp3) is 0.235. The summed E-state index contributed by atoms with van der Waals surface area (Å²) in [5, 5.41) is 2.40. The highest BCUT2D eigenvalue weighted by molar-refractivity contribution is 9.08. The maximum Gasteiger partial charge on any atom is 0.239 e. The fourth-order valence-corrected chi connectivity index (χ4v) is 2.83. The van der Waals surface area contributed by atoms with Crippen molar-refractivity contribution in [1.82, 2.24) is 0 Å². The van der Waals surface area contributed by atoms with Gasteiger partial charge >= 0.3 is 0 Å². The molecule has 0 aliphatic heterocycles. The Kier molecular flexibility index (Phi) is 7.82. The Morgan fingerprint density at radius 3 is 1.81 bits per heavy atom. The zero-order valence-corrected chi connectivity index (χ0v) is 15.1. The molecule has 110 valence electrons. The van der Waals surface area contributed by atoms with Crippen LogP contribution in [0.4, 0.5) is 0 Å². The highest BCUT2D eigenvalue weighted by Gasteiger charge is 1.97. The molecule has 0 saturated carbocycles.